The zero-order valence-corrected chi connectivity index (χ0v) is 19.3. The van der Waals surface area contributed by atoms with Crippen molar-refractivity contribution in [2.24, 2.45) is 0 Å². The van der Waals surface area contributed by atoms with Crippen molar-refractivity contribution >= 4 is 28.5 Å². The number of rotatable bonds is 3. The highest BCUT2D eigenvalue weighted by Gasteiger charge is 2.60. The maximum atomic E-state index is 14.4. The number of amides is 3. The lowest BCUT2D eigenvalue weighted by atomic mass is 9.80. The van der Waals surface area contributed by atoms with Crippen LogP contribution >= 0.6 is 0 Å². The van der Waals surface area contributed by atoms with E-state index in [1.165, 1.54) is 6.42 Å². The second-order valence-corrected chi connectivity index (χ2v) is 9.64. The van der Waals surface area contributed by atoms with Crippen molar-refractivity contribution in [1.29, 1.82) is 0 Å². The molecular formula is C28H30N4O2. The third-order valence-electron chi connectivity index (χ3n) is 7.79. The van der Waals surface area contributed by atoms with E-state index in [1.807, 2.05) is 42.5 Å². The van der Waals surface area contributed by atoms with Crippen LogP contribution in [0.2, 0.25) is 0 Å². The maximum Gasteiger partial charge on any atom is 0.319 e. The standard InChI is InChI=1S/C28H30N4O2/c1-2-17-31-24-15-9-7-13-22(24)28(26(31)33)25-21(20-12-6-8-14-23(20)30-25)16-18-32(28)27(34)29-19-10-4-3-5-11-19/h2,6-9,12-15,19,30H,1,3-5,10-11,16-18H2,(H,29,34)/t28-/m1/s1. The summed E-state index contributed by atoms with van der Waals surface area (Å²) in [4.78, 5) is 35.4. The van der Waals surface area contributed by atoms with Gasteiger partial charge in [-0.2, -0.15) is 0 Å². The first-order valence-corrected chi connectivity index (χ1v) is 12.4. The average Bonchev–Trinajstić information content (AvgIpc) is 3.36. The Bertz CT molecular complexity index is 1290. The molecule has 6 nitrogen and oxygen atoms in total. The Balaban J connectivity index is 1.56. The van der Waals surface area contributed by atoms with Crippen LogP contribution in [0.25, 0.3) is 10.9 Å². The Labute approximate surface area is 199 Å². The van der Waals surface area contributed by atoms with Crippen molar-refractivity contribution in [3.05, 3.63) is 78.0 Å². The SMILES string of the molecule is C=CCN1C(=O)[C@@]2(c3ccccc31)c1[nH]c3ccccc3c1CCN2C(=O)NC1CCCCC1. The summed E-state index contributed by atoms with van der Waals surface area (Å²) >= 11 is 0. The minimum absolute atomic E-state index is 0.0973. The van der Waals surface area contributed by atoms with Gasteiger partial charge in [0.05, 0.1) is 11.4 Å². The normalized spacial score (nSPS) is 22.2. The molecule has 1 spiro atoms. The van der Waals surface area contributed by atoms with Crippen molar-refractivity contribution in [2.45, 2.75) is 50.1 Å². The van der Waals surface area contributed by atoms with Gasteiger partial charge in [-0.1, -0.05) is 61.7 Å². The summed E-state index contributed by atoms with van der Waals surface area (Å²) in [7, 11) is 0. The van der Waals surface area contributed by atoms with E-state index < -0.39 is 5.54 Å². The van der Waals surface area contributed by atoms with Crippen molar-refractivity contribution in [1.82, 2.24) is 15.2 Å². The lowest BCUT2D eigenvalue weighted by Gasteiger charge is -2.44. The molecule has 1 atom stereocenters. The zero-order chi connectivity index (χ0) is 23.3. The molecule has 6 rings (SSSR count). The van der Waals surface area contributed by atoms with Gasteiger partial charge in [0.1, 0.15) is 0 Å². The number of aromatic amines is 1. The minimum atomic E-state index is -1.22. The number of benzene rings is 2. The quantitative estimate of drug-likeness (QED) is 0.556. The second-order valence-electron chi connectivity index (χ2n) is 9.64. The highest BCUT2D eigenvalue weighted by Crippen LogP contribution is 2.52. The van der Waals surface area contributed by atoms with E-state index in [9.17, 15) is 9.59 Å². The van der Waals surface area contributed by atoms with Gasteiger partial charge in [0.15, 0.2) is 5.54 Å². The molecule has 2 aromatic carbocycles. The summed E-state index contributed by atoms with van der Waals surface area (Å²) in [5.74, 6) is -0.0973. The fourth-order valence-electron chi connectivity index (χ4n) is 6.30. The number of carbonyl (C=O) groups is 2. The molecule has 2 N–H and O–H groups in total. The lowest BCUT2D eigenvalue weighted by Crippen LogP contribution is -2.62. The molecule has 1 fully saturated rings. The molecule has 0 bridgehead atoms. The Morgan fingerprint density at radius 3 is 2.71 bits per heavy atom. The molecule has 3 amide bonds. The number of H-pyrrole nitrogens is 1. The molecular weight excluding hydrogens is 424 g/mol. The molecule has 3 aliphatic rings. The summed E-state index contributed by atoms with van der Waals surface area (Å²) in [6, 6.07) is 16.1. The Morgan fingerprint density at radius 2 is 1.88 bits per heavy atom. The van der Waals surface area contributed by atoms with E-state index in [4.69, 9.17) is 0 Å². The summed E-state index contributed by atoms with van der Waals surface area (Å²) in [6.45, 7) is 4.76. The molecule has 3 heterocycles. The fraction of sp³-hybridized carbons (Fsp3) is 0.357. The highest BCUT2D eigenvalue weighted by atomic mass is 16.2. The Kier molecular flexibility index (Phi) is 4.97. The minimum Gasteiger partial charge on any atom is -0.355 e. The average molecular weight is 455 g/mol. The van der Waals surface area contributed by atoms with Gasteiger partial charge < -0.3 is 20.1 Å². The van der Waals surface area contributed by atoms with Gasteiger partial charge >= 0.3 is 6.03 Å². The number of hydrogen-bond donors (Lipinski definition) is 2. The van der Waals surface area contributed by atoms with Crippen molar-refractivity contribution in [3.63, 3.8) is 0 Å². The van der Waals surface area contributed by atoms with Crippen LogP contribution in [0.4, 0.5) is 10.5 Å². The van der Waals surface area contributed by atoms with Crippen LogP contribution in [0.1, 0.15) is 48.9 Å². The number of aromatic nitrogens is 1. The molecule has 3 aromatic rings. The number of nitrogens with zero attached hydrogens (tertiary/aromatic N) is 2. The second kappa shape index (κ2) is 8.05. The van der Waals surface area contributed by atoms with Gasteiger partial charge in [0, 0.05) is 35.6 Å². The third-order valence-corrected chi connectivity index (χ3v) is 7.79. The lowest BCUT2D eigenvalue weighted by molar-refractivity contribution is -0.126. The van der Waals surface area contributed by atoms with E-state index in [0.29, 0.717) is 19.5 Å². The van der Waals surface area contributed by atoms with E-state index >= 15 is 0 Å². The van der Waals surface area contributed by atoms with E-state index in [0.717, 1.165) is 59.1 Å². The van der Waals surface area contributed by atoms with Crippen molar-refractivity contribution < 1.29 is 9.59 Å². The molecule has 34 heavy (non-hydrogen) atoms. The molecule has 0 unspecified atom stereocenters. The van der Waals surface area contributed by atoms with Gasteiger partial charge in [-0.25, -0.2) is 4.79 Å². The van der Waals surface area contributed by atoms with Gasteiger partial charge in [-0.3, -0.25) is 4.79 Å². The first-order valence-electron chi connectivity index (χ1n) is 12.4. The summed E-state index contributed by atoms with van der Waals surface area (Å²) in [5.41, 5.74) is 3.42. The maximum absolute atomic E-state index is 14.4. The Hall–Kier alpha value is -3.54. The van der Waals surface area contributed by atoms with Gasteiger partial charge in [0.25, 0.3) is 5.91 Å². The summed E-state index contributed by atoms with van der Waals surface area (Å²) in [6.07, 6.45) is 7.94. The molecule has 0 saturated heterocycles. The van der Waals surface area contributed by atoms with Crippen LogP contribution in [-0.4, -0.2) is 41.0 Å². The number of anilines is 1. The van der Waals surface area contributed by atoms with E-state index in [1.54, 1.807) is 15.9 Å². The highest BCUT2D eigenvalue weighted by molar-refractivity contribution is 6.12. The monoisotopic (exact) mass is 454 g/mol. The van der Waals surface area contributed by atoms with Crippen LogP contribution in [0.5, 0.6) is 0 Å². The van der Waals surface area contributed by atoms with Crippen molar-refractivity contribution in [2.75, 3.05) is 18.0 Å². The molecule has 1 saturated carbocycles. The zero-order valence-electron chi connectivity index (χ0n) is 19.3. The van der Waals surface area contributed by atoms with Gasteiger partial charge in [-0.15, -0.1) is 6.58 Å². The van der Waals surface area contributed by atoms with Crippen LogP contribution in [0.15, 0.2) is 61.2 Å². The number of fused-ring (bicyclic) bond motifs is 6. The molecule has 6 heteroatoms. The van der Waals surface area contributed by atoms with Gasteiger partial charge in [-0.05, 0) is 37.0 Å². The molecule has 2 aliphatic heterocycles. The van der Waals surface area contributed by atoms with Crippen LogP contribution < -0.4 is 10.2 Å². The van der Waals surface area contributed by atoms with E-state index in [-0.39, 0.29) is 18.0 Å². The molecule has 1 aromatic heterocycles. The number of urea groups is 1. The van der Waals surface area contributed by atoms with E-state index in [2.05, 4.69) is 22.9 Å². The molecule has 0 radical (unpaired) electrons. The predicted molar refractivity (Wildman–Crippen MR) is 134 cm³/mol. The third kappa shape index (κ3) is 2.87. The Morgan fingerprint density at radius 1 is 1.12 bits per heavy atom. The van der Waals surface area contributed by atoms with Crippen molar-refractivity contribution in [3.8, 4) is 0 Å². The molecule has 174 valence electrons. The number of nitrogens with one attached hydrogen (secondary N) is 2. The predicted octanol–water partition coefficient (Wildman–Crippen LogP) is 4.84. The van der Waals surface area contributed by atoms with Crippen LogP contribution in [-0.2, 0) is 16.8 Å². The number of para-hydroxylation sites is 2. The number of carbonyl (C=O) groups excluding carboxylic acids is 2. The van der Waals surface area contributed by atoms with Crippen LogP contribution in [0.3, 0.4) is 0 Å². The fourth-order valence-corrected chi connectivity index (χ4v) is 6.30. The van der Waals surface area contributed by atoms with Gasteiger partial charge in [0.2, 0.25) is 0 Å². The smallest absolute Gasteiger partial charge is 0.319 e. The summed E-state index contributed by atoms with van der Waals surface area (Å²) < 4.78 is 0. The molecule has 1 aliphatic carbocycles. The summed E-state index contributed by atoms with van der Waals surface area (Å²) in [5, 5.41) is 4.41. The first kappa shape index (κ1) is 21.0. The topological polar surface area (TPSA) is 68.4 Å². The van der Waals surface area contributed by atoms with Crippen LogP contribution in [0, 0.1) is 0 Å². The largest absolute Gasteiger partial charge is 0.355 e. The number of hydrogen-bond acceptors (Lipinski definition) is 2. The first-order chi connectivity index (χ1) is 16.7.